The topological polar surface area (TPSA) is 130 Å². The lowest BCUT2D eigenvalue weighted by atomic mass is 10.1. The van der Waals surface area contributed by atoms with E-state index in [2.05, 4.69) is 4.72 Å². The SMILES string of the molecule is COc1cc(OC)c(/C=C/NS(=O)(=O)Cc2ccc(OC)c(OC(C)C(=O)O)c2)c(OC)c1. The Balaban J connectivity index is 2.21. The van der Waals surface area contributed by atoms with E-state index in [0.29, 0.717) is 28.4 Å². The van der Waals surface area contributed by atoms with Gasteiger partial charge in [-0.15, -0.1) is 0 Å². The third kappa shape index (κ3) is 6.94. The standard InChI is InChI=1S/C22H27NO9S/c1-14(22(24)25)32-21-10-15(6-7-18(21)29-3)13-33(26,27)23-9-8-17-19(30-4)11-16(28-2)12-20(17)31-5/h6-12,14,23H,13H2,1-5H3,(H,24,25)/b9-8+. The van der Waals surface area contributed by atoms with Crippen LogP contribution in [0.3, 0.4) is 0 Å². The molecule has 2 rings (SSSR count). The molecule has 0 spiro atoms. The minimum absolute atomic E-state index is 0.128. The number of nitrogens with one attached hydrogen (secondary N) is 1. The van der Waals surface area contributed by atoms with Gasteiger partial charge in [0.05, 0.1) is 39.8 Å². The maximum atomic E-state index is 12.6. The molecular formula is C22H27NO9S. The Hall–Kier alpha value is -3.60. The van der Waals surface area contributed by atoms with Gasteiger partial charge in [0.25, 0.3) is 0 Å². The number of carboxylic acids is 1. The van der Waals surface area contributed by atoms with Crippen LogP contribution >= 0.6 is 0 Å². The summed E-state index contributed by atoms with van der Waals surface area (Å²) >= 11 is 0. The number of aliphatic carboxylic acids is 1. The minimum Gasteiger partial charge on any atom is -0.496 e. The Morgan fingerprint density at radius 2 is 1.58 bits per heavy atom. The third-order valence-corrected chi connectivity index (χ3v) is 5.70. The van der Waals surface area contributed by atoms with Crippen molar-refractivity contribution in [3.05, 3.63) is 47.7 Å². The van der Waals surface area contributed by atoms with Crippen LogP contribution in [-0.4, -0.2) is 54.0 Å². The summed E-state index contributed by atoms with van der Waals surface area (Å²) in [6.07, 6.45) is 1.63. The van der Waals surface area contributed by atoms with E-state index in [1.54, 1.807) is 18.2 Å². The normalized spacial score (nSPS) is 12.2. The maximum Gasteiger partial charge on any atom is 0.344 e. The lowest BCUT2D eigenvalue weighted by Gasteiger charge is -2.15. The van der Waals surface area contributed by atoms with Crippen LogP contribution in [0, 0.1) is 0 Å². The van der Waals surface area contributed by atoms with E-state index in [4.69, 9.17) is 28.8 Å². The molecule has 0 aliphatic carbocycles. The molecule has 0 fully saturated rings. The van der Waals surface area contributed by atoms with Crippen molar-refractivity contribution in [2.45, 2.75) is 18.8 Å². The summed E-state index contributed by atoms with van der Waals surface area (Å²) in [5, 5.41) is 9.05. The largest absolute Gasteiger partial charge is 0.496 e. The van der Waals surface area contributed by atoms with Crippen molar-refractivity contribution >= 4 is 22.1 Å². The smallest absolute Gasteiger partial charge is 0.344 e. The molecule has 0 saturated carbocycles. The first-order valence-corrected chi connectivity index (χ1v) is 11.3. The highest BCUT2D eigenvalue weighted by molar-refractivity contribution is 7.88. The Bertz CT molecular complexity index is 1090. The Morgan fingerprint density at radius 1 is 0.970 bits per heavy atom. The maximum absolute atomic E-state index is 12.6. The van der Waals surface area contributed by atoms with Gasteiger partial charge >= 0.3 is 5.97 Å². The van der Waals surface area contributed by atoms with Crippen LogP contribution in [0.15, 0.2) is 36.5 Å². The van der Waals surface area contributed by atoms with E-state index >= 15 is 0 Å². The van der Waals surface area contributed by atoms with E-state index < -0.39 is 22.1 Å². The van der Waals surface area contributed by atoms with Crippen molar-refractivity contribution in [1.29, 1.82) is 0 Å². The molecule has 180 valence electrons. The van der Waals surface area contributed by atoms with Crippen molar-refractivity contribution in [1.82, 2.24) is 4.72 Å². The molecule has 1 atom stereocenters. The number of benzene rings is 2. The molecule has 11 heteroatoms. The molecule has 2 aromatic carbocycles. The summed E-state index contributed by atoms with van der Waals surface area (Å²) < 4.78 is 53.9. The first-order valence-electron chi connectivity index (χ1n) is 9.67. The van der Waals surface area contributed by atoms with Gasteiger partial charge in [-0.2, -0.15) is 0 Å². The van der Waals surface area contributed by atoms with Crippen molar-refractivity contribution in [2.75, 3.05) is 28.4 Å². The molecule has 33 heavy (non-hydrogen) atoms. The molecule has 0 bridgehead atoms. The average Bonchev–Trinajstić information content (AvgIpc) is 2.78. The molecule has 2 aromatic rings. The number of hydrogen-bond acceptors (Lipinski definition) is 8. The number of carbonyl (C=O) groups is 1. The molecule has 0 aliphatic heterocycles. The van der Waals surface area contributed by atoms with Crippen LogP contribution in [0.1, 0.15) is 18.1 Å². The highest BCUT2D eigenvalue weighted by Gasteiger charge is 2.18. The second-order valence-electron chi connectivity index (χ2n) is 6.74. The van der Waals surface area contributed by atoms with Gasteiger partial charge < -0.3 is 28.8 Å². The zero-order chi connectivity index (χ0) is 24.6. The number of methoxy groups -OCH3 is 4. The summed E-state index contributed by atoms with van der Waals surface area (Å²) in [4.78, 5) is 11.1. The molecule has 1 unspecified atom stereocenters. The second-order valence-corrected chi connectivity index (χ2v) is 8.49. The fourth-order valence-electron chi connectivity index (χ4n) is 2.82. The van der Waals surface area contributed by atoms with E-state index in [1.807, 2.05) is 0 Å². The Morgan fingerprint density at radius 3 is 2.09 bits per heavy atom. The quantitative estimate of drug-likeness (QED) is 0.470. The Labute approximate surface area is 192 Å². The third-order valence-electron chi connectivity index (χ3n) is 4.49. The predicted molar refractivity (Wildman–Crippen MR) is 122 cm³/mol. The van der Waals surface area contributed by atoms with E-state index in [-0.39, 0.29) is 17.3 Å². The van der Waals surface area contributed by atoms with Crippen LogP contribution in [-0.2, 0) is 20.6 Å². The highest BCUT2D eigenvalue weighted by atomic mass is 32.2. The van der Waals surface area contributed by atoms with Gasteiger partial charge in [-0.3, -0.25) is 4.72 Å². The van der Waals surface area contributed by atoms with E-state index in [1.165, 1.54) is 59.8 Å². The van der Waals surface area contributed by atoms with Crippen molar-refractivity contribution in [2.24, 2.45) is 0 Å². The number of ether oxygens (including phenoxy) is 5. The number of hydrogen-bond donors (Lipinski definition) is 2. The summed E-state index contributed by atoms with van der Waals surface area (Å²) in [6, 6.07) is 7.78. The van der Waals surface area contributed by atoms with Gasteiger partial charge in [0.1, 0.15) is 17.2 Å². The molecule has 10 nitrogen and oxygen atoms in total. The fraction of sp³-hybridized carbons (Fsp3) is 0.318. The predicted octanol–water partition coefficient (Wildman–Crippen LogP) is 2.66. The minimum atomic E-state index is -3.79. The zero-order valence-electron chi connectivity index (χ0n) is 18.9. The van der Waals surface area contributed by atoms with Gasteiger partial charge in [-0.1, -0.05) is 6.07 Å². The lowest BCUT2D eigenvalue weighted by Crippen LogP contribution is -2.23. The molecule has 0 heterocycles. The Kier molecular flexibility index (Phi) is 8.80. The summed E-state index contributed by atoms with van der Waals surface area (Å²) in [5.41, 5.74) is 0.898. The van der Waals surface area contributed by atoms with Crippen molar-refractivity contribution in [3.8, 4) is 28.7 Å². The number of rotatable bonds is 12. The van der Waals surface area contributed by atoms with Crippen molar-refractivity contribution < 1.29 is 42.0 Å². The second kappa shape index (κ2) is 11.3. The average molecular weight is 482 g/mol. The molecule has 0 saturated heterocycles. The van der Waals surface area contributed by atoms with Crippen LogP contribution in [0.25, 0.3) is 6.08 Å². The van der Waals surface area contributed by atoms with Crippen LogP contribution < -0.4 is 28.4 Å². The first-order chi connectivity index (χ1) is 15.6. The van der Waals surface area contributed by atoms with Gasteiger partial charge in [0.2, 0.25) is 10.0 Å². The van der Waals surface area contributed by atoms with Crippen LogP contribution in [0.5, 0.6) is 28.7 Å². The molecule has 0 radical (unpaired) electrons. The fourth-order valence-corrected chi connectivity index (χ4v) is 3.80. The molecule has 0 aromatic heterocycles. The highest BCUT2D eigenvalue weighted by Crippen LogP contribution is 2.35. The van der Waals surface area contributed by atoms with Crippen LogP contribution in [0.2, 0.25) is 0 Å². The molecule has 0 aliphatic rings. The molecule has 0 amide bonds. The van der Waals surface area contributed by atoms with Gasteiger partial charge in [0.15, 0.2) is 17.6 Å². The summed E-state index contributed by atoms with van der Waals surface area (Å²) in [6.45, 7) is 1.36. The monoisotopic (exact) mass is 481 g/mol. The first kappa shape index (κ1) is 25.7. The summed E-state index contributed by atoms with van der Waals surface area (Å²) in [5.74, 6) is 0.273. The molecule has 2 N–H and O–H groups in total. The molecular weight excluding hydrogens is 454 g/mol. The van der Waals surface area contributed by atoms with Crippen LogP contribution in [0.4, 0.5) is 0 Å². The lowest BCUT2D eigenvalue weighted by molar-refractivity contribution is -0.144. The van der Waals surface area contributed by atoms with Gasteiger partial charge in [-0.05, 0) is 30.7 Å². The van der Waals surface area contributed by atoms with Gasteiger partial charge in [-0.25, -0.2) is 13.2 Å². The van der Waals surface area contributed by atoms with E-state index in [9.17, 15) is 13.2 Å². The number of carboxylic acid groups (broad SMARTS) is 1. The number of sulfonamides is 1. The zero-order valence-corrected chi connectivity index (χ0v) is 19.8. The van der Waals surface area contributed by atoms with Gasteiger partial charge in [0, 0.05) is 18.3 Å². The summed E-state index contributed by atoms with van der Waals surface area (Å²) in [7, 11) is 2.07. The van der Waals surface area contributed by atoms with Crippen molar-refractivity contribution in [3.63, 3.8) is 0 Å². The van der Waals surface area contributed by atoms with E-state index in [0.717, 1.165) is 0 Å².